The van der Waals surface area contributed by atoms with Crippen molar-refractivity contribution in [1.82, 2.24) is 14.9 Å². The van der Waals surface area contributed by atoms with Gasteiger partial charge in [-0.1, -0.05) is 67.6 Å². The fourth-order valence-electron chi connectivity index (χ4n) is 4.95. The third-order valence-corrected chi connectivity index (χ3v) is 8.23. The van der Waals surface area contributed by atoms with Crippen molar-refractivity contribution < 1.29 is 28.5 Å². The molecule has 4 atom stereocenters. The number of carboxylic acids is 1. The number of carbonyl (C=O) groups excluding carboxylic acids is 1. The zero-order chi connectivity index (χ0) is 28.9. The van der Waals surface area contributed by atoms with Crippen LogP contribution in [-0.2, 0) is 33.8 Å². The first-order valence-electron chi connectivity index (χ1n) is 13.3. The van der Waals surface area contributed by atoms with Crippen molar-refractivity contribution in [3.8, 4) is 0 Å². The molecule has 3 heterocycles. The molecule has 0 bridgehead atoms. The van der Waals surface area contributed by atoms with Gasteiger partial charge in [0.1, 0.15) is 6.54 Å². The number of quaternary nitrogens is 1. The highest BCUT2D eigenvalue weighted by molar-refractivity contribution is 9.09. The Balaban J connectivity index is 0.000000186. The minimum Gasteiger partial charge on any atom is -0.477 e. The number of hydrogen-bond donors (Lipinski definition) is 2. The molecule has 2 aliphatic heterocycles. The van der Waals surface area contributed by atoms with Crippen LogP contribution in [0.2, 0.25) is 0 Å². The standard InChI is InChI=1S/C16H21N3O2.C14H15BrN2O2/c1-19(2,3)15(16(20)21)9-14-11-18(12-17-14)10-13-7-5-4-6-8-13;1-10-7-14(19-12(10)18)13(15)16-9-17(14)8-11-5-3-2-4-6-11/h4-8,11-12,15H,9-10H2,1-3H3;2-6,9-10,13H,7-8H2,1H3/p+2/t15-;/m0./s1. The Labute approximate surface area is 243 Å². The van der Waals surface area contributed by atoms with Crippen molar-refractivity contribution >= 4 is 34.2 Å². The average molecular weight is 613 g/mol. The molecular weight excluding hydrogens is 574 g/mol. The summed E-state index contributed by atoms with van der Waals surface area (Å²) in [6.07, 6.45) is 6.71. The molecule has 2 N–H and O–H groups in total. The number of rotatable bonds is 8. The quantitative estimate of drug-likeness (QED) is 0.133. The normalized spacial score (nSPS) is 22.6. The maximum Gasteiger partial charge on any atom is 0.362 e. The summed E-state index contributed by atoms with van der Waals surface area (Å²) in [6.45, 7) is 3.38. The molecule has 0 saturated carbocycles. The Morgan fingerprint density at radius 1 is 1.18 bits per heavy atom. The summed E-state index contributed by atoms with van der Waals surface area (Å²) in [4.78, 5) is 27.4. The highest BCUT2D eigenvalue weighted by Gasteiger charge is 2.60. The summed E-state index contributed by atoms with van der Waals surface area (Å²) in [6, 6.07) is 19.8. The Kier molecular flexibility index (Phi) is 9.10. The van der Waals surface area contributed by atoms with E-state index in [1.54, 1.807) is 6.33 Å². The van der Waals surface area contributed by atoms with Gasteiger partial charge in [-0.2, -0.15) is 0 Å². The second-order valence-corrected chi connectivity index (χ2v) is 12.3. The van der Waals surface area contributed by atoms with Crippen LogP contribution in [0.1, 0.15) is 30.2 Å². The molecule has 5 rings (SSSR count). The lowest BCUT2D eigenvalue weighted by molar-refractivity contribution is -0.887. The molecule has 0 aliphatic carbocycles. The van der Waals surface area contributed by atoms with E-state index < -0.39 is 17.7 Å². The number of alkyl halides is 1. The highest BCUT2D eigenvalue weighted by atomic mass is 79.9. The van der Waals surface area contributed by atoms with Crippen LogP contribution < -0.4 is 5.32 Å². The van der Waals surface area contributed by atoms with Crippen LogP contribution in [0.25, 0.3) is 0 Å². The number of hydrogen-bond acceptors (Lipinski definition) is 5. The number of halogens is 1. The van der Waals surface area contributed by atoms with Gasteiger partial charge in [0.2, 0.25) is 11.3 Å². The van der Waals surface area contributed by atoms with Crippen molar-refractivity contribution in [3.05, 3.63) is 90.0 Å². The number of benzene rings is 2. The van der Waals surface area contributed by atoms with Gasteiger partial charge < -0.3 is 18.9 Å². The molecule has 0 amide bonds. The monoisotopic (exact) mass is 611 g/mol. The van der Waals surface area contributed by atoms with Crippen LogP contribution in [0.5, 0.6) is 0 Å². The maximum atomic E-state index is 11.8. The SMILES string of the molecule is CC1CC2(OC1=O)C(Br)NC=[N+]2Cc1ccccc1.C[N+](C)(C)[C@@H](Cc1cn(Cc2ccccc2)cn1)C(=O)O. The zero-order valence-corrected chi connectivity index (χ0v) is 25.0. The van der Waals surface area contributed by atoms with Crippen LogP contribution in [-0.4, -0.2) is 79.9 Å². The lowest BCUT2D eigenvalue weighted by atomic mass is 10.0. The Bertz CT molecular complexity index is 1340. The van der Waals surface area contributed by atoms with E-state index in [2.05, 4.69) is 55.1 Å². The van der Waals surface area contributed by atoms with E-state index in [0.29, 0.717) is 17.3 Å². The minimum absolute atomic E-state index is 0.0633. The molecule has 212 valence electrons. The van der Waals surface area contributed by atoms with Crippen molar-refractivity contribution in [1.29, 1.82) is 0 Å². The minimum atomic E-state index is -0.792. The molecular formula is C30H38BrN5O4+2. The summed E-state index contributed by atoms with van der Waals surface area (Å²) < 4.78 is 10.1. The molecule has 10 heteroatoms. The largest absolute Gasteiger partial charge is 0.477 e. The van der Waals surface area contributed by atoms with Crippen molar-refractivity contribution in [2.45, 2.75) is 49.6 Å². The molecule has 2 aromatic carbocycles. The van der Waals surface area contributed by atoms with E-state index in [9.17, 15) is 14.7 Å². The number of nitrogens with zero attached hydrogens (tertiary/aromatic N) is 4. The summed E-state index contributed by atoms with van der Waals surface area (Å²) in [5.41, 5.74) is 2.60. The third-order valence-electron chi connectivity index (χ3n) is 7.25. The molecule has 9 nitrogen and oxygen atoms in total. The van der Waals surface area contributed by atoms with Crippen LogP contribution in [0.4, 0.5) is 0 Å². The van der Waals surface area contributed by atoms with E-state index >= 15 is 0 Å². The lowest BCUT2D eigenvalue weighted by Gasteiger charge is -2.30. The number of ether oxygens (including phenoxy) is 1. The van der Waals surface area contributed by atoms with Crippen molar-refractivity contribution in [2.75, 3.05) is 21.1 Å². The first-order chi connectivity index (χ1) is 19.0. The number of carbonyl (C=O) groups is 2. The fourth-order valence-corrected chi connectivity index (χ4v) is 5.61. The Morgan fingerprint density at radius 3 is 2.35 bits per heavy atom. The first kappa shape index (κ1) is 29.5. The fraction of sp³-hybridized carbons (Fsp3) is 0.400. The van der Waals surface area contributed by atoms with E-state index in [0.717, 1.165) is 18.8 Å². The number of nitrogens with one attached hydrogen (secondary N) is 1. The van der Waals surface area contributed by atoms with E-state index in [1.807, 2.05) is 81.6 Å². The summed E-state index contributed by atoms with van der Waals surface area (Å²) in [5, 5.41) is 12.6. The third kappa shape index (κ3) is 6.98. The molecule has 1 saturated heterocycles. The average Bonchev–Trinajstić information content (AvgIpc) is 3.57. The molecule has 3 aromatic rings. The second-order valence-electron chi connectivity index (χ2n) is 11.3. The van der Waals surface area contributed by atoms with Crippen molar-refractivity contribution in [2.24, 2.45) is 5.92 Å². The van der Waals surface area contributed by atoms with Gasteiger partial charge in [0.15, 0.2) is 6.04 Å². The Hall–Kier alpha value is -3.50. The second kappa shape index (κ2) is 12.3. The van der Waals surface area contributed by atoms with Gasteiger partial charge in [-0.15, -0.1) is 0 Å². The van der Waals surface area contributed by atoms with Gasteiger partial charge in [0.25, 0.3) is 0 Å². The summed E-state index contributed by atoms with van der Waals surface area (Å²) in [7, 11) is 5.67. The molecule has 2 aliphatic rings. The summed E-state index contributed by atoms with van der Waals surface area (Å²) >= 11 is 3.57. The number of esters is 1. The number of imidazole rings is 1. The number of likely N-dealkylation sites (N-methyl/N-ethyl adjacent to an activating group) is 1. The predicted molar refractivity (Wildman–Crippen MR) is 156 cm³/mol. The zero-order valence-electron chi connectivity index (χ0n) is 23.4. The summed E-state index contributed by atoms with van der Waals surface area (Å²) in [5.74, 6) is -0.980. The molecule has 40 heavy (non-hydrogen) atoms. The number of carboxylic acid groups (broad SMARTS) is 1. The predicted octanol–water partition coefficient (Wildman–Crippen LogP) is 3.46. The molecule has 1 fully saturated rings. The van der Waals surface area contributed by atoms with E-state index in [-0.39, 0.29) is 16.8 Å². The van der Waals surface area contributed by atoms with Gasteiger partial charge in [-0.25, -0.2) is 14.4 Å². The number of aliphatic carboxylic acids is 1. The highest BCUT2D eigenvalue weighted by Crippen LogP contribution is 2.39. The van der Waals surface area contributed by atoms with Crippen LogP contribution in [0.3, 0.4) is 0 Å². The Morgan fingerprint density at radius 2 is 1.80 bits per heavy atom. The molecule has 0 radical (unpaired) electrons. The van der Waals surface area contributed by atoms with Gasteiger partial charge in [0.05, 0.1) is 45.5 Å². The lowest BCUT2D eigenvalue weighted by Crippen LogP contribution is -2.51. The smallest absolute Gasteiger partial charge is 0.362 e. The van der Waals surface area contributed by atoms with Gasteiger partial charge >= 0.3 is 17.7 Å². The van der Waals surface area contributed by atoms with E-state index in [4.69, 9.17) is 4.74 Å². The van der Waals surface area contributed by atoms with Gasteiger partial charge in [0, 0.05) is 19.2 Å². The van der Waals surface area contributed by atoms with Crippen LogP contribution in [0.15, 0.2) is 73.2 Å². The van der Waals surface area contributed by atoms with Crippen molar-refractivity contribution in [3.63, 3.8) is 0 Å². The maximum absolute atomic E-state index is 11.8. The van der Waals surface area contributed by atoms with Crippen LogP contribution in [0, 0.1) is 5.92 Å². The van der Waals surface area contributed by atoms with Gasteiger partial charge in [-0.05, 0) is 27.1 Å². The van der Waals surface area contributed by atoms with E-state index in [1.165, 1.54) is 11.1 Å². The molecule has 1 spiro atoms. The van der Waals surface area contributed by atoms with Crippen LogP contribution >= 0.6 is 15.9 Å². The first-order valence-corrected chi connectivity index (χ1v) is 14.2. The molecule has 3 unspecified atom stereocenters. The van der Waals surface area contributed by atoms with Gasteiger partial charge in [-0.3, -0.25) is 10.1 Å². The topological polar surface area (TPSA) is 96.5 Å². The number of aromatic nitrogens is 2. The molecule has 1 aromatic heterocycles.